The molecule has 1 N–H and O–H groups in total. The van der Waals surface area contributed by atoms with E-state index in [9.17, 15) is 0 Å². The molecule has 0 bridgehead atoms. The Morgan fingerprint density at radius 1 is 0.905 bits per heavy atom. The highest BCUT2D eigenvalue weighted by molar-refractivity contribution is 5.28. The van der Waals surface area contributed by atoms with Crippen molar-refractivity contribution in [3.05, 3.63) is 71.3 Å². The number of ether oxygens (including phenoxy) is 1. The Balaban J connectivity index is 1.47. The summed E-state index contributed by atoms with van der Waals surface area (Å²) in [6.07, 6.45) is 3.52. The van der Waals surface area contributed by atoms with Crippen molar-refractivity contribution in [2.45, 2.75) is 31.9 Å². The van der Waals surface area contributed by atoms with E-state index in [1.54, 1.807) is 0 Å². The van der Waals surface area contributed by atoms with Gasteiger partial charge in [-0.2, -0.15) is 0 Å². The monoisotopic (exact) mass is 281 g/mol. The summed E-state index contributed by atoms with van der Waals surface area (Å²) in [5.41, 5.74) is 3.96. The lowest BCUT2D eigenvalue weighted by molar-refractivity contribution is 0.103. The smallest absolute Gasteiger partial charge is 0.0717 e. The van der Waals surface area contributed by atoms with Gasteiger partial charge in [0.25, 0.3) is 0 Å². The number of rotatable bonds is 6. The lowest BCUT2D eigenvalue weighted by Crippen LogP contribution is -2.26. The molecule has 2 aromatic carbocycles. The summed E-state index contributed by atoms with van der Waals surface area (Å²) < 4.78 is 5.80. The molecule has 0 aliphatic carbocycles. The average molecular weight is 281 g/mol. The first-order valence-corrected chi connectivity index (χ1v) is 7.83. The van der Waals surface area contributed by atoms with Crippen LogP contribution in [0.2, 0.25) is 0 Å². The standard InChI is InChI=1S/C19H23NO/c1-2-5-16(6-3-1)13-17-8-10-18(11-9-17)14-21-15-19-7-4-12-20-19/h1-3,5-6,8-11,19-20H,4,7,12-15H2/t19-/m1/s1. The van der Waals surface area contributed by atoms with Crippen LogP contribution < -0.4 is 5.32 Å². The Morgan fingerprint density at radius 2 is 1.62 bits per heavy atom. The minimum Gasteiger partial charge on any atom is -0.375 e. The predicted molar refractivity (Wildman–Crippen MR) is 86.4 cm³/mol. The zero-order valence-corrected chi connectivity index (χ0v) is 12.4. The van der Waals surface area contributed by atoms with E-state index < -0.39 is 0 Å². The van der Waals surface area contributed by atoms with Gasteiger partial charge in [0.1, 0.15) is 0 Å². The summed E-state index contributed by atoms with van der Waals surface area (Å²) in [7, 11) is 0. The van der Waals surface area contributed by atoms with Crippen molar-refractivity contribution in [3.63, 3.8) is 0 Å². The first-order chi connectivity index (χ1) is 10.4. The Kier molecular flexibility index (Phi) is 5.03. The third kappa shape index (κ3) is 4.42. The molecule has 0 spiro atoms. The molecule has 2 aromatic rings. The molecule has 1 atom stereocenters. The lowest BCUT2D eigenvalue weighted by Gasteiger charge is -2.11. The van der Waals surface area contributed by atoms with Crippen LogP contribution in [0.4, 0.5) is 0 Å². The molecular formula is C19H23NO. The van der Waals surface area contributed by atoms with E-state index in [4.69, 9.17) is 4.74 Å². The zero-order chi connectivity index (χ0) is 14.3. The van der Waals surface area contributed by atoms with Crippen LogP contribution >= 0.6 is 0 Å². The van der Waals surface area contributed by atoms with Gasteiger partial charge in [-0.15, -0.1) is 0 Å². The highest BCUT2D eigenvalue weighted by Gasteiger charge is 2.13. The molecule has 0 saturated carbocycles. The van der Waals surface area contributed by atoms with Crippen molar-refractivity contribution < 1.29 is 4.74 Å². The minimum absolute atomic E-state index is 0.558. The number of hydrogen-bond donors (Lipinski definition) is 1. The number of hydrogen-bond acceptors (Lipinski definition) is 2. The van der Waals surface area contributed by atoms with Crippen LogP contribution in [0.25, 0.3) is 0 Å². The number of nitrogens with one attached hydrogen (secondary N) is 1. The SMILES string of the molecule is c1ccc(Cc2ccc(COC[C@H]3CCCN3)cc2)cc1. The van der Waals surface area contributed by atoms with Crippen molar-refractivity contribution in [2.24, 2.45) is 0 Å². The Bertz CT molecular complexity index is 529. The van der Waals surface area contributed by atoms with E-state index in [2.05, 4.69) is 59.9 Å². The number of benzene rings is 2. The van der Waals surface area contributed by atoms with E-state index in [1.165, 1.54) is 29.5 Å². The first kappa shape index (κ1) is 14.3. The molecule has 0 amide bonds. The maximum Gasteiger partial charge on any atom is 0.0717 e. The first-order valence-electron chi connectivity index (χ1n) is 7.83. The molecule has 0 radical (unpaired) electrons. The molecular weight excluding hydrogens is 258 g/mol. The second kappa shape index (κ2) is 7.39. The highest BCUT2D eigenvalue weighted by Crippen LogP contribution is 2.12. The van der Waals surface area contributed by atoms with Gasteiger partial charge < -0.3 is 10.1 Å². The summed E-state index contributed by atoms with van der Waals surface area (Å²) in [4.78, 5) is 0. The van der Waals surface area contributed by atoms with Crippen LogP contribution in [-0.4, -0.2) is 19.2 Å². The average Bonchev–Trinajstić information content (AvgIpc) is 3.03. The van der Waals surface area contributed by atoms with Gasteiger partial charge in [0, 0.05) is 6.04 Å². The van der Waals surface area contributed by atoms with Crippen molar-refractivity contribution in [1.29, 1.82) is 0 Å². The van der Waals surface area contributed by atoms with Crippen LogP contribution in [0.5, 0.6) is 0 Å². The molecule has 1 fully saturated rings. The molecule has 110 valence electrons. The Hall–Kier alpha value is -1.64. The van der Waals surface area contributed by atoms with Crippen LogP contribution in [0.3, 0.4) is 0 Å². The summed E-state index contributed by atoms with van der Waals surface area (Å²) in [6.45, 7) is 2.68. The van der Waals surface area contributed by atoms with Gasteiger partial charge >= 0.3 is 0 Å². The molecule has 2 heteroatoms. The van der Waals surface area contributed by atoms with Crippen molar-refractivity contribution in [2.75, 3.05) is 13.2 Å². The fraction of sp³-hybridized carbons (Fsp3) is 0.368. The third-order valence-corrected chi connectivity index (χ3v) is 4.02. The predicted octanol–water partition coefficient (Wildman–Crippen LogP) is 3.55. The van der Waals surface area contributed by atoms with Crippen molar-refractivity contribution >= 4 is 0 Å². The molecule has 21 heavy (non-hydrogen) atoms. The van der Waals surface area contributed by atoms with E-state index in [1.807, 2.05) is 0 Å². The molecule has 1 aliphatic rings. The van der Waals surface area contributed by atoms with Gasteiger partial charge in [-0.3, -0.25) is 0 Å². The fourth-order valence-corrected chi connectivity index (χ4v) is 2.80. The van der Waals surface area contributed by atoms with Crippen molar-refractivity contribution in [3.8, 4) is 0 Å². The summed E-state index contributed by atoms with van der Waals surface area (Å²) in [5, 5.41) is 3.45. The highest BCUT2D eigenvalue weighted by atomic mass is 16.5. The summed E-state index contributed by atoms with van der Waals surface area (Å²) >= 11 is 0. The molecule has 3 rings (SSSR count). The van der Waals surface area contributed by atoms with Gasteiger partial charge in [0.05, 0.1) is 13.2 Å². The van der Waals surface area contributed by atoms with Crippen LogP contribution in [0.15, 0.2) is 54.6 Å². The third-order valence-electron chi connectivity index (χ3n) is 4.02. The molecule has 1 heterocycles. The fourth-order valence-electron chi connectivity index (χ4n) is 2.80. The summed E-state index contributed by atoms with van der Waals surface area (Å²) in [6, 6.07) is 19.9. The van der Waals surface area contributed by atoms with E-state index in [-0.39, 0.29) is 0 Å². The molecule has 1 saturated heterocycles. The maximum absolute atomic E-state index is 5.80. The van der Waals surface area contributed by atoms with E-state index >= 15 is 0 Å². The second-order valence-electron chi connectivity index (χ2n) is 5.79. The van der Waals surface area contributed by atoms with Gasteiger partial charge in [-0.1, -0.05) is 54.6 Å². The molecule has 0 aromatic heterocycles. The quantitative estimate of drug-likeness (QED) is 0.874. The van der Waals surface area contributed by atoms with Gasteiger partial charge in [0.2, 0.25) is 0 Å². The van der Waals surface area contributed by atoms with Crippen LogP contribution in [0.1, 0.15) is 29.5 Å². The largest absolute Gasteiger partial charge is 0.375 e. The molecule has 2 nitrogen and oxygen atoms in total. The van der Waals surface area contributed by atoms with E-state index in [0.29, 0.717) is 12.6 Å². The van der Waals surface area contributed by atoms with E-state index in [0.717, 1.165) is 19.6 Å². The van der Waals surface area contributed by atoms with Crippen LogP contribution in [-0.2, 0) is 17.8 Å². The zero-order valence-electron chi connectivity index (χ0n) is 12.4. The van der Waals surface area contributed by atoms with Crippen LogP contribution in [0, 0.1) is 0 Å². The second-order valence-corrected chi connectivity index (χ2v) is 5.79. The van der Waals surface area contributed by atoms with Gasteiger partial charge in [-0.05, 0) is 42.5 Å². The summed E-state index contributed by atoms with van der Waals surface area (Å²) in [5.74, 6) is 0. The topological polar surface area (TPSA) is 21.3 Å². The normalized spacial score (nSPS) is 18.0. The van der Waals surface area contributed by atoms with Gasteiger partial charge in [0.15, 0.2) is 0 Å². The molecule has 0 unspecified atom stereocenters. The van der Waals surface area contributed by atoms with Crippen molar-refractivity contribution in [1.82, 2.24) is 5.32 Å². The Morgan fingerprint density at radius 3 is 2.33 bits per heavy atom. The lowest BCUT2D eigenvalue weighted by atomic mass is 10.0. The Labute approximate surface area is 127 Å². The maximum atomic E-state index is 5.80. The minimum atomic E-state index is 0.558. The molecule has 1 aliphatic heterocycles. The van der Waals surface area contributed by atoms with Gasteiger partial charge in [-0.25, -0.2) is 0 Å².